The van der Waals surface area contributed by atoms with Gasteiger partial charge in [0, 0.05) is 18.9 Å². The van der Waals surface area contributed by atoms with Crippen molar-refractivity contribution in [2.45, 2.75) is 26.8 Å². The Morgan fingerprint density at radius 1 is 1.26 bits per heavy atom. The Labute approximate surface area is 163 Å². The van der Waals surface area contributed by atoms with E-state index < -0.39 is 0 Å². The third-order valence-electron chi connectivity index (χ3n) is 4.65. The van der Waals surface area contributed by atoms with Gasteiger partial charge in [-0.05, 0) is 72.8 Å². The van der Waals surface area contributed by atoms with Gasteiger partial charge in [-0.25, -0.2) is 0 Å². The van der Waals surface area contributed by atoms with Gasteiger partial charge in [-0.1, -0.05) is 38.1 Å². The second-order valence-corrected chi connectivity index (χ2v) is 7.72. The zero-order valence-electron chi connectivity index (χ0n) is 16.4. The molecule has 1 saturated heterocycles. The predicted molar refractivity (Wildman–Crippen MR) is 113 cm³/mol. The number of hydrogen-bond acceptors (Lipinski definition) is 4. The molecule has 1 aromatic carbocycles. The smallest absolute Gasteiger partial charge is 0.120 e. The Morgan fingerprint density at radius 2 is 2.15 bits per heavy atom. The van der Waals surface area contributed by atoms with Crippen LogP contribution in [-0.2, 0) is 6.54 Å². The van der Waals surface area contributed by atoms with Gasteiger partial charge >= 0.3 is 0 Å². The molecule has 0 aliphatic carbocycles. The van der Waals surface area contributed by atoms with Gasteiger partial charge in [-0.3, -0.25) is 4.98 Å². The van der Waals surface area contributed by atoms with Crippen LogP contribution in [0.5, 0.6) is 5.75 Å². The van der Waals surface area contributed by atoms with Crippen LogP contribution < -0.4 is 15.4 Å². The summed E-state index contributed by atoms with van der Waals surface area (Å²) in [7, 11) is 0. The molecule has 144 valence electrons. The first-order chi connectivity index (χ1) is 13.2. The molecule has 4 heteroatoms. The number of ether oxygens (including phenoxy) is 1. The van der Waals surface area contributed by atoms with Gasteiger partial charge in [0.05, 0.1) is 6.61 Å². The third kappa shape index (κ3) is 6.81. The minimum absolute atomic E-state index is 0.510. The van der Waals surface area contributed by atoms with Crippen LogP contribution in [0.2, 0.25) is 0 Å². The summed E-state index contributed by atoms with van der Waals surface area (Å²) in [5.74, 6) is 2.20. The summed E-state index contributed by atoms with van der Waals surface area (Å²) >= 11 is 0. The molecule has 1 atom stereocenters. The molecule has 0 radical (unpaired) electrons. The molecule has 0 bridgehead atoms. The van der Waals surface area contributed by atoms with Gasteiger partial charge in [0.1, 0.15) is 5.75 Å². The lowest BCUT2D eigenvalue weighted by atomic mass is 10.1. The zero-order chi connectivity index (χ0) is 18.9. The summed E-state index contributed by atoms with van der Waals surface area (Å²) < 4.78 is 6.00. The number of hydrogen-bond donors (Lipinski definition) is 2. The predicted octanol–water partition coefficient (Wildman–Crippen LogP) is 3.99. The van der Waals surface area contributed by atoms with Crippen molar-refractivity contribution in [2.75, 3.05) is 26.2 Å². The van der Waals surface area contributed by atoms with Crippen molar-refractivity contribution in [1.82, 2.24) is 15.6 Å². The van der Waals surface area contributed by atoms with Crippen LogP contribution in [0, 0.1) is 11.8 Å². The van der Waals surface area contributed by atoms with Crippen LogP contribution >= 0.6 is 0 Å². The van der Waals surface area contributed by atoms with E-state index in [1.165, 1.54) is 12.0 Å². The van der Waals surface area contributed by atoms with Gasteiger partial charge < -0.3 is 15.4 Å². The number of pyridine rings is 1. The number of rotatable bonds is 9. The average molecular weight is 366 g/mol. The van der Waals surface area contributed by atoms with E-state index in [4.69, 9.17) is 4.74 Å². The first kappa shape index (κ1) is 19.6. The Bertz CT molecular complexity index is 722. The van der Waals surface area contributed by atoms with Gasteiger partial charge in [0.25, 0.3) is 0 Å². The Morgan fingerprint density at radius 3 is 2.89 bits per heavy atom. The van der Waals surface area contributed by atoms with E-state index in [1.807, 2.05) is 12.3 Å². The minimum atomic E-state index is 0.510. The lowest BCUT2D eigenvalue weighted by Gasteiger charge is -2.13. The average Bonchev–Trinajstić information content (AvgIpc) is 3.19. The van der Waals surface area contributed by atoms with Crippen LogP contribution in [0.4, 0.5) is 0 Å². The molecule has 1 aliphatic rings. The molecule has 1 unspecified atom stereocenters. The molecular weight excluding hydrogens is 334 g/mol. The molecular formula is C23H31N3O. The van der Waals surface area contributed by atoms with E-state index in [-0.39, 0.29) is 0 Å². The van der Waals surface area contributed by atoms with Crippen molar-refractivity contribution < 1.29 is 4.74 Å². The highest BCUT2D eigenvalue weighted by molar-refractivity contribution is 5.70. The van der Waals surface area contributed by atoms with Crippen molar-refractivity contribution in [1.29, 1.82) is 0 Å². The highest BCUT2D eigenvalue weighted by Gasteiger charge is 2.13. The van der Waals surface area contributed by atoms with Crippen LogP contribution in [0.1, 0.15) is 37.0 Å². The lowest BCUT2D eigenvalue weighted by Crippen LogP contribution is -2.24. The first-order valence-electron chi connectivity index (χ1n) is 9.95. The Balaban J connectivity index is 1.68. The lowest BCUT2D eigenvalue weighted by molar-refractivity contribution is 0.270. The van der Waals surface area contributed by atoms with Crippen molar-refractivity contribution in [3.8, 4) is 5.75 Å². The molecule has 3 rings (SSSR count). The monoisotopic (exact) mass is 365 g/mol. The maximum absolute atomic E-state index is 6.00. The summed E-state index contributed by atoms with van der Waals surface area (Å²) in [4.78, 5) is 4.17. The summed E-state index contributed by atoms with van der Waals surface area (Å²) in [6, 6.07) is 10.5. The largest absolute Gasteiger partial charge is 0.493 e. The molecule has 0 spiro atoms. The number of benzene rings is 1. The molecule has 0 saturated carbocycles. The molecule has 1 aromatic heterocycles. The third-order valence-corrected chi connectivity index (χ3v) is 4.65. The first-order valence-corrected chi connectivity index (χ1v) is 9.95. The summed E-state index contributed by atoms with van der Waals surface area (Å²) in [5, 5.41) is 7.03. The van der Waals surface area contributed by atoms with E-state index in [0.717, 1.165) is 55.6 Å². The molecule has 1 fully saturated rings. The molecule has 4 nitrogen and oxygen atoms in total. The van der Waals surface area contributed by atoms with E-state index in [9.17, 15) is 0 Å². The zero-order valence-corrected chi connectivity index (χ0v) is 16.4. The van der Waals surface area contributed by atoms with E-state index in [1.54, 1.807) is 6.20 Å². The standard InChI is InChI=1S/C23H31N3O/c1-18(2)17-27-23-11-20(6-5-19-4-3-8-24-13-19)10-22(12-23)16-26-15-21-7-9-25-14-21/h3-6,8,10-13,18,21,25-26H,7,9,14-17H2,1-2H3/b6-5+. The molecule has 27 heavy (non-hydrogen) atoms. The van der Waals surface area contributed by atoms with Gasteiger partial charge in [-0.2, -0.15) is 0 Å². The van der Waals surface area contributed by atoms with Crippen LogP contribution in [0.3, 0.4) is 0 Å². The Kier molecular flexibility index (Phi) is 7.43. The fourth-order valence-corrected chi connectivity index (χ4v) is 3.21. The second-order valence-electron chi connectivity index (χ2n) is 7.72. The maximum atomic E-state index is 6.00. The van der Waals surface area contributed by atoms with Crippen molar-refractivity contribution >= 4 is 12.2 Å². The topological polar surface area (TPSA) is 46.2 Å². The van der Waals surface area contributed by atoms with E-state index in [2.05, 4.69) is 65.9 Å². The number of nitrogens with one attached hydrogen (secondary N) is 2. The summed E-state index contributed by atoms with van der Waals surface area (Å²) in [5.41, 5.74) is 3.51. The van der Waals surface area contributed by atoms with Crippen LogP contribution in [0.15, 0.2) is 42.7 Å². The maximum Gasteiger partial charge on any atom is 0.120 e. The SMILES string of the molecule is CC(C)COc1cc(/C=C/c2cccnc2)cc(CNCC2CCNC2)c1. The second kappa shape index (κ2) is 10.2. The summed E-state index contributed by atoms with van der Waals surface area (Å²) in [6.07, 6.45) is 9.15. The highest BCUT2D eigenvalue weighted by Crippen LogP contribution is 2.20. The van der Waals surface area contributed by atoms with Gasteiger partial charge in [0.2, 0.25) is 0 Å². The number of aromatic nitrogens is 1. The van der Waals surface area contributed by atoms with E-state index >= 15 is 0 Å². The quantitative estimate of drug-likeness (QED) is 0.705. The van der Waals surface area contributed by atoms with Crippen molar-refractivity contribution in [3.05, 3.63) is 59.4 Å². The van der Waals surface area contributed by atoms with Crippen LogP contribution in [0.25, 0.3) is 12.2 Å². The normalized spacial score (nSPS) is 17.1. The molecule has 2 aromatic rings. The van der Waals surface area contributed by atoms with Gasteiger partial charge in [-0.15, -0.1) is 0 Å². The van der Waals surface area contributed by atoms with Crippen molar-refractivity contribution in [2.24, 2.45) is 11.8 Å². The highest BCUT2D eigenvalue weighted by atomic mass is 16.5. The molecule has 2 N–H and O–H groups in total. The van der Waals surface area contributed by atoms with Crippen molar-refractivity contribution in [3.63, 3.8) is 0 Å². The molecule has 1 aliphatic heterocycles. The van der Waals surface area contributed by atoms with Gasteiger partial charge in [0.15, 0.2) is 0 Å². The summed E-state index contributed by atoms with van der Waals surface area (Å²) in [6.45, 7) is 9.27. The molecule has 2 heterocycles. The Hall–Kier alpha value is -2.17. The van der Waals surface area contributed by atoms with E-state index in [0.29, 0.717) is 5.92 Å². The fraction of sp³-hybridized carbons (Fsp3) is 0.435. The van der Waals surface area contributed by atoms with Crippen LogP contribution in [-0.4, -0.2) is 31.2 Å². The fourth-order valence-electron chi connectivity index (χ4n) is 3.21. The number of nitrogens with zero attached hydrogens (tertiary/aromatic N) is 1. The minimum Gasteiger partial charge on any atom is -0.493 e. The molecule has 0 amide bonds.